The summed E-state index contributed by atoms with van der Waals surface area (Å²) < 4.78 is 1.87. The molecule has 0 amide bonds. The van der Waals surface area contributed by atoms with E-state index in [9.17, 15) is 0 Å². The summed E-state index contributed by atoms with van der Waals surface area (Å²) in [5.41, 5.74) is 3.20. The summed E-state index contributed by atoms with van der Waals surface area (Å²) in [6.45, 7) is 7.18. The van der Waals surface area contributed by atoms with Gasteiger partial charge in [0.25, 0.3) is 0 Å². The first-order valence-corrected chi connectivity index (χ1v) is 7.09. The Morgan fingerprint density at radius 1 is 1.32 bits per heavy atom. The number of benzene rings is 1. The predicted octanol–water partition coefficient (Wildman–Crippen LogP) is 3.89. The summed E-state index contributed by atoms with van der Waals surface area (Å²) >= 11 is 6.11. The molecule has 102 valence electrons. The SMILES string of the molecule is CCNC(CC)c1ccccc1-n1cc(Cl)c(C)n1. The van der Waals surface area contributed by atoms with Gasteiger partial charge in [0, 0.05) is 12.2 Å². The van der Waals surface area contributed by atoms with Gasteiger partial charge in [-0.25, -0.2) is 4.68 Å². The zero-order chi connectivity index (χ0) is 13.8. The summed E-state index contributed by atoms with van der Waals surface area (Å²) in [4.78, 5) is 0. The fourth-order valence-corrected chi connectivity index (χ4v) is 2.40. The number of hydrogen-bond donors (Lipinski definition) is 1. The molecular formula is C15H20ClN3. The van der Waals surface area contributed by atoms with E-state index in [4.69, 9.17) is 11.6 Å². The Hall–Kier alpha value is -1.32. The normalized spacial score (nSPS) is 12.6. The van der Waals surface area contributed by atoms with Crippen LogP contribution in [0.1, 0.15) is 37.6 Å². The number of aryl methyl sites for hydroxylation is 1. The first-order chi connectivity index (χ1) is 9.17. The predicted molar refractivity (Wildman–Crippen MR) is 80.0 cm³/mol. The van der Waals surface area contributed by atoms with Gasteiger partial charge in [0.2, 0.25) is 0 Å². The molecule has 1 heterocycles. The molecule has 1 N–H and O–H groups in total. The third-order valence-electron chi connectivity index (χ3n) is 3.26. The smallest absolute Gasteiger partial charge is 0.0819 e. The van der Waals surface area contributed by atoms with Crippen molar-refractivity contribution in [1.82, 2.24) is 15.1 Å². The quantitative estimate of drug-likeness (QED) is 0.898. The zero-order valence-corrected chi connectivity index (χ0v) is 12.4. The maximum atomic E-state index is 6.11. The number of nitrogens with zero attached hydrogens (tertiary/aromatic N) is 2. The Morgan fingerprint density at radius 3 is 2.63 bits per heavy atom. The van der Waals surface area contributed by atoms with Gasteiger partial charge in [-0.05, 0) is 31.5 Å². The largest absolute Gasteiger partial charge is 0.310 e. The van der Waals surface area contributed by atoms with Crippen LogP contribution in [0.25, 0.3) is 5.69 Å². The molecule has 19 heavy (non-hydrogen) atoms. The van der Waals surface area contributed by atoms with E-state index in [0.29, 0.717) is 11.1 Å². The van der Waals surface area contributed by atoms with E-state index in [2.05, 4.69) is 42.5 Å². The molecule has 0 bridgehead atoms. The minimum atomic E-state index is 0.337. The minimum absolute atomic E-state index is 0.337. The molecule has 0 radical (unpaired) electrons. The van der Waals surface area contributed by atoms with Gasteiger partial charge < -0.3 is 5.32 Å². The average Bonchev–Trinajstić information content (AvgIpc) is 2.76. The van der Waals surface area contributed by atoms with Crippen molar-refractivity contribution in [2.24, 2.45) is 0 Å². The molecule has 0 saturated carbocycles. The van der Waals surface area contributed by atoms with Crippen LogP contribution in [0.3, 0.4) is 0 Å². The second-order valence-electron chi connectivity index (χ2n) is 4.58. The number of hydrogen-bond acceptors (Lipinski definition) is 2. The molecule has 0 aliphatic carbocycles. The standard InChI is InChI=1S/C15H20ClN3/c1-4-14(17-5-2)12-8-6-7-9-15(12)19-10-13(16)11(3)18-19/h6-10,14,17H,4-5H2,1-3H3. The van der Waals surface area contributed by atoms with Gasteiger partial charge in [-0.15, -0.1) is 0 Å². The average molecular weight is 278 g/mol. The second-order valence-corrected chi connectivity index (χ2v) is 4.99. The lowest BCUT2D eigenvalue weighted by Crippen LogP contribution is -2.21. The van der Waals surface area contributed by atoms with E-state index >= 15 is 0 Å². The molecule has 2 rings (SSSR count). The maximum Gasteiger partial charge on any atom is 0.0819 e. The Morgan fingerprint density at radius 2 is 2.05 bits per heavy atom. The topological polar surface area (TPSA) is 29.9 Å². The third kappa shape index (κ3) is 2.99. The molecule has 0 spiro atoms. The molecule has 1 unspecified atom stereocenters. The molecule has 2 aromatic rings. The first kappa shape index (κ1) is 14.1. The fourth-order valence-electron chi connectivity index (χ4n) is 2.27. The Kier molecular flexibility index (Phi) is 4.61. The monoisotopic (exact) mass is 277 g/mol. The molecule has 0 saturated heterocycles. The molecule has 1 aromatic heterocycles. The van der Waals surface area contributed by atoms with Crippen LogP contribution in [-0.4, -0.2) is 16.3 Å². The number of rotatable bonds is 5. The van der Waals surface area contributed by atoms with Crippen molar-refractivity contribution in [3.63, 3.8) is 0 Å². The van der Waals surface area contributed by atoms with Crippen LogP contribution in [-0.2, 0) is 0 Å². The van der Waals surface area contributed by atoms with Gasteiger partial charge in [0.05, 0.1) is 16.4 Å². The Bertz CT molecular complexity index is 529. The van der Waals surface area contributed by atoms with E-state index < -0.39 is 0 Å². The van der Waals surface area contributed by atoms with Gasteiger partial charge in [-0.1, -0.05) is 43.6 Å². The molecule has 4 heteroatoms. The van der Waals surface area contributed by atoms with Crippen molar-refractivity contribution in [2.75, 3.05) is 6.54 Å². The Labute approximate surface area is 119 Å². The van der Waals surface area contributed by atoms with Crippen molar-refractivity contribution < 1.29 is 0 Å². The van der Waals surface area contributed by atoms with Crippen molar-refractivity contribution in [3.8, 4) is 5.69 Å². The molecule has 0 fully saturated rings. The molecule has 1 aromatic carbocycles. The molecule has 0 aliphatic rings. The highest BCUT2D eigenvalue weighted by molar-refractivity contribution is 6.31. The van der Waals surface area contributed by atoms with Crippen LogP contribution < -0.4 is 5.32 Å². The molecular weight excluding hydrogens is 258 g/mol. The summed E-state index contributed by atoms with van der Waals surface area (Å²) in [6, 6.07) is 8.67. The summed E-state index contributed by atoms with van der Waals surface area (Å²) in [5.74, 6) is 0. The number of nitrogens with one attached hydrogen (secondary N) is 1. The lowest BCUT2D eigenvalue weighted by Gasteiger charge is -2.19. The molecule has 0 aliphatic heterocycles. The van der Waals surface area contributed by atoms with Crippen LogP contribution in [0.5, 0.6) is 0 Å². The lowest BCUT2D eigenvalue weighted by molar-refractivity contribution is 0.534. The van der Waals surface area contributed by atoms with Crippen LogP contribution in [0, 0.1) is 6.92 Å². The van der Waals surface area contributed by atoms with Crippen LogP contribution in [0.2, 0.25) is 5.02 Å². The van der Waals surface area contributed by atoms with Gasteiger partial charge in [0.1, 0.15) is 0 Å². The van der Waals surface area contributed by atoms with E-state index in [1.54, 1.807) is 0 Å². The second kappa shape index (κ2) is 6.22. The number of halogens is 1. The molecule has 3 nitrogen and oxygen atoms in total. The zero-order valence-electron chi connectivity index (χ0n) is 11.7. The van der Waals surface area contributed by atoms with Gasteiger partial charge in [-0.2, -0.15) is 5.10 Å². The van der Waals surface area contributed by atoms with E-state index in [1.807, 2.05) is 23.9 Å². The van der Waals surface area contributed by atoms with Crippen molar-refractivity contribution in [3.05, 3.63) is 46.7 Å². The van der Waals surface area contributed by atoms with Crippen molar-refractivity contribution in [1.29, 1.82) is 0 Å². The lowest BCUT2D eigenvalue weighted by atomic mass is 10.0. The van der Waals surface area contributed by atoms with Gasteiger partial charge in [0.15, 0.2) is 0 Å². The molecule has 1 atom stereocenters. The highest BCUT2D eigenvalue weighted by atomic mass is 35.5. The van der Waals surface area contributed by atoms with Crippen molar-refractivity contribution >= 4 is 11.6 Å². The van der Waals surface area contributed by atoms with Crippen LogP contribution in [0.4, 0.5) is 0 Å². The van der Waals surface area contributed by atoms with Crippen LogP contribution in [0.15, 0.2) is 30.5 Å². The maximum absolute atomic E-state index is 6.11. The summed E-state index contributed by atoms with van der Waals surface area (Å²) in [6.07, 6.45) is 2.91. The van der Waals surface area contributed by atoms with Crippen LogP contribution >= 0.6 is 11.6 Å². The number of para-hydroxylation sites is 1. The van der Waals surface area contributed by atoms with E-state index in [1.165, 1.54) is 5.56 Å². The minimum Gasteiger partial charge on any atom is -0.310 e. The first-order valence-electron chi connectivity index (χ1n) is 6.71. The van der Waals surface area contributed by atoms with Crippen molar-refractivity contribution in [2.45, 2.75) is 33.2 Å². The van der Waals surface area contributed by atoms with Gasteiger partial charge >= 0.3 is 0 Å². The van der Waals surface area contributed by atoms with E-state index in [-0.39, 0.29) is 0 Å². The van der Waals surface area contributed by atoms with Gasteiger partial charge in [-0.3, -0.25) is 0 Å². The number of aromatic nitrogens is 2. The Balaban J connectivity index is 2.45. The third-order valence-corrected chi connectivity index (χ3v) is 3.63. The highest BCUT2D eigenvalue weighted by Crippen LogP contribution is 2.25. The summed E-state index contributed by atoms with van der Waals surface area (Å²) in [5, 5.41) is 8.68. The summed E-state index contributed by atoms with van der Waals surface area (Å²) in [7, 11) is 0. The highest BCUT2D eigenvalue weighted by Gasteiger charge is 2.14. The van der Waals surface area contributed by atoms with E-state index in [0.717, 1.165) is 24.3 Å². The fraction of sp³-hybridized carbons (Fsp3) is 0.400.